The van der Waals surface area contributed by atoms with Crippen molar-refractivity contribution < 1.29 is 4.79 Å². The summed E-state index contributed by atoms with van der Waals surface area (Å²) in [7, 11) is 1.86. The number of aryl methyl sites for hydroxylation is 1. The zero-order valence-electron chi connectivity index (χ0n) is 16.3. The van der Waals surface area contributed by atoms with Crippen molar-refractivity contribution in [1.82, 2.24) is 19.7 Å². The van der Waals surface area contributed by atoms with Crippen LogP contribution >= 0.6 is 11.3 Å². The van der Waals surface area contributed by atoms with Gasteiger partial charge in [-0.1, -0.05) is 18.6 Å². The number of likely N-dealkylation sites (tertiary alicyclic amines) is 1. The Labute approximate surface area is 169 Å². The molecule has 1 saturated heterocycles. The molecule has 1 atom stereocenters. The third-order valence-corrected chi connectivity index (χ3v) is 6.12. The first-order valence-electron chi connectivity index (χ1n) is 9.67. The Hall–Kier alpha value is -2.51. The van der Waals surface area contributed by atoms with Crippen LogP contribution in [0.4, 0.5) is 5.69 Å². The Morgan fingerprint density at radius 2 is 2.11 bits per heavy atom. The molecule has 28 heavy (non-hydrogen) atoms. The van der Waals surface area contributed by atoms with Crippen LogP contribution in [0.3, 0.4) is 0 Å². The number of rotatable bonds is 5. The maximum Gasteiger partial charge on any atom is 0.275 e. The molecular formula is C21H25N5OS. The van der Waals surface area contributed by atoms with Gasteiger partial charge in [0.15, 0.2) is 0 Å². The number of anilines is 1. The first kappa shape index (κ1) is 18.8. The van der Waals surface area contributed by atoms with Gasteiger partial charge in [0, 0.05) is 42.5 Å². The third-order valence-electron chi connectivity index (χ3n) is 5.23. The minimum Gasteiger partial charge on any atom is -0.321 e. The van der Waals surface area contributed by atoms with Crippen molar-refractivity contribution in [3.63, 3.8) is 0 Å². The summed E-state index contributed by atoms with van der Waals surface area (Å²) < 4.78 is 1.72. The molecule has 4 rings (SSSR count). The zero-order valence-corrected chi connectivity index (χ0v) is 17.1. The van der Waals surface area contributed by atoms with Gasteiger partial charge in [0.25, 0.3) is 5.91 Å². The van der Waals surface area contributed by atoms with Crippen molar-refractivity contribution in [2.45, 2.75) is 38.8 Å². The molecule has 0 saturated carbocycles. The number of nitrogens with one attached hydrogen (secondary N) is 1. The molecule has 1 aliphatic heterocycles. The molecule has 0 aliphatic carbocycles. The summed E-state index contributed by atoms with van der Waals surface area (Å²) in [6, 6.07) is 8.77. The molecule has 0 radical (unpaired) electrons. The minimum absolute atomic E-state index is 0.191. The second-order valence-corrected chi connectivity index (χ2v) is 8.27. The number of benzene rings is 1. The van der Waals surface area contributed by atoms with Crippen molar-refractivity contribution in [1.29, 1.82) is 0 Å². The average Bonchev–Trinajstić information content (AvgIpc) is 3.34. The normalized spacial score (nSPS) is 17.6. The summed E-state index contributed by atoms with van der Waals surface area (Å²) in [4.78, 5) is 19.5. The highest BCUT2D eigenvalue weighted by atomic mass is 32.1. The zero-order chi connectivity index (χ0) is 19.5. The van der Waals surface area contributed by atoms with Crippen molar-refractivity contribution in [2.75, 3.05) is 11.9 Å². The molecule has 1 aliphatic rings. The van der Waals surface area contributed by atoms with Crippen LogP contribution in [0.2, 0.25) is 0 Å². The van der Waals surface area contributed by atoms with Gasteiger partial charge in [-0.2, -0.15) is 5.10 Å². The van der Waals surface area contributed by atoms with Crippen LogP contribution in [0.15, 0.2) is 42.0 Å². The third kappa shape index (κ3) is 4.31. The van der Waals surface area contributed by atoms with E-state index in [9.17, 15) is 4.79 Å². The fourth-order valence-electron chi connectivity index (χ4n) is 3.56. The number of aromatic nitrogens is 3. The van der Waals surface area contributed by atoms with E-state index in [0.717, 1.165) is 22.8 Å². The molecule has 0 spiro atoms. The summed E-state index contributed by atoms with van der Waals surface area (Å²) >= 11 is 1.45. The second-order valence-electron chi connectivity index (χ2n) is 7.41. The molecule has 2 aromatic heterocycles. The SMILES string of the molecule is C[C@@H]1CCCCN1Cc1ccc(NC(=O)c2csc(-c3cnn(C)c3)n2)cc1. The van der Waals surface area contributed by atoms with Crippen LogP contribution < -0.4 is 5.32 Å². The lowest BCUT2D eigenvalue weighted by Gasteiger charge is -2.33. The van der Waals surface area contributed by atoms with Crippen LogP contribution in [0.25, 0.3) is 10.6 Å². The Kier molecular flexibility index (Phi) is 5.54. The van der Waals surface area contributed by atoms with Gasteiger partial charge in [0.05, 0.1) is 6.20 Å². The van der Waals surface area contributed by atoms with E-state index in [1.165, 1.54) is 42.7 Å². The number of amides is 1. The number of nitrogens with zero attached hydrogens (tertiary/aromatic N) is 4. The fraction of sp³-hybridized carbons (Fsp3) is 0.381. The molecule has 6 nitrogen and oxygen atoms in total. The lowest BCUT2D eigenvalue weighted by Crippen LogP contribution is -2.36. The molecule has 1 aromatic carbocycles. The molecule has 1 N–H and O–H groups in total. The van der Waals surface area contributed by atoms with Gasteiger partial charge >= 0.3 is 0 Å². The predicted octanol–water partition coefficient (Wildman–Crippen LogP) is 4.17. The summed E-state index contributed by atoms with van der Waals surface area (Å²) in [6.07, 6.45) is 7.54. The molecule has 3 aromatic rings. The van der Waals surface area contributed by atoms with Crippen LogP contribution in [0, 0.1) is 0 Å². The number of hydrogen-bond donors (Lipinski definition) is 1. The van der Waals surface area contributed by atoms with Gasteiger partial charge in [-0.3, -0.25) is 14.4 Å². The van der Waals surface area contributed by atoms with Crippen molar-refractivity contribution in [3.05, 3.63) is 53.3 Å². The molecule has 0 unspecified atom stereocenters. The number of carbonyl (C=O) groups excluding carboxylic acids is 1. The number of hydrogen-bond acceptors (Lipinski definition) is 5. The number of thiazole rings is 1. The monoisotopic (exact) mass is 395 g/mol. The number of carbonyl (C=O) groups is 1. The first-order valence-corrected chi connectivity index (χ1v) is 10.6. The van der Waals surface area contributed by atoms with Gasteiger partial charge < -0.3 is 5.32 Å². The summed E-state index contributed by atoms with van der Waals surface area (Å²) in [6.45, 7) is 4.44. The smallest absolute Gasteiger partial charge is 0.275 e. The summed E-state index contributed by atoms with van der Waals surface area (Å²) in [5, 5.41) is 9.66. The summed E-state index contributed by atoms with van der Waals surface area (Å²) in [5.41, 5.74) is 3.41. The topological polar surface area (TPSA) is 63.1 Å². The Balaban J connectivity index is 1.37. The Morgan fingerprint density at radius 1 is 1.29 bits per heavy atom. The number of piperidine rings is 1. The average molecular weight is 396 g/mol. The highest BCUT2D eigenvalue weighted by Gasteiger charge is 2.18. The van der Waals surface area contributed by atoms with E-state index >= 15 is 0 Å². The van der Waals surface area contributed by atoms with E-state index in [1.54, 1.807) is 16.3 Å². The molecule has 1 fully saturated rings. The lowest BCUT2D eigenvalue weighted by atomic mass is 10.0. The fourth-order valence-corrected chi connectivity index (χ4v) is 4.33. The molecule has 3 heterocycles. The second kappa shape index (κ2) is 8.24. The summed E-state index contributed by atoms with van der Waals surface area (Å²) in [5.74, 6) is -0.191. The van der Waals surface area contributed by atoms with Gasteiger partial charge in [-0.25, -0.2) is 4.98 Å². The van der Waals surface area contributed by atoms with E-state index in [2.05, 4.69) is 39.4 Å². The van der Waals surface area contributed by atoms with Gasteiger partial charge in [-0.15, -0.1) is 11.3 Å². The van der Waals surface area contributed by atoms with Crippen molar-refractivity contribution in [3.8, 4) is 10.6 Å². The molecule has 0 bridgehead atoms. The minimum atomic E-state index is -0.191. The molecule has 7 heteroatoms. The van der Waals surface area contributed by atoms with Crippen LogP contribution in [-0.4, -0.2) is 38.2 Å². The van der Waals surface area contributed by atoms with Crippen molar-refractivity contribution >= 4 is 22.9 Å². The highest BCUT2D eigenvalue weighted by molar-refractivity contribution is 7.13. The van der Waals surface area contributed by atoms with E-state index in [1.807, 2.05) is 25.4 Å². The van der Waals surface area contributed by atoms with Gasteiger partial charge in [0.2, 0.25) is 0 Å². The molecular weight excluding hydrogens is 370 g/mol. The van der Waals surface area contributed by atoms with E-state index in [0.29, 0.717) is 11.7 Å². The Morgan fingerprint density at radius 3 is 2.82 bits per heavy atom. The largest absolute Gasteiger partial charge is 0.321 e. The molecule has 1 amide bonds. The quantitative estimate of drug-likeness (QED) is 0.704. The predicted molar refractivity (Wildman–Crippen MR) is 112 cm³/mol. The van der Waals surface area contributed by atoms with E-state index in [4.69, 9.17) is 0 Å². The van der Waals surface area contributed by atoms with Crippen LogP contribution in [0.1, 0.15) is 42.2 Å². The highest BCUT2D eigenvalue weighted by Crippen LogP contribution is 2.24. The maximum absolute atomic E-state index is 12.5. The standard InChI is InChI=1S/C21H25N5OS/c1-15-5-3-4-10-26(15)12-16-6-8-18(9-7-16)23-20(27)19-14-28-21(24-19)17-11-22-25(2)13-17/h6-9,11,13-15H,3-5,10,12H2,1-2H3,(H,23,27)/t15-/m1/s1. The lowest BCUT2D eigenvalue weighted by molar-refractivity contribution is 0.102. The van der Waals surface area contributed by atoms with Crippen LogP contribution in [-0.2, 0) is 13.6 Å². The van der Waals surface area contributed by atoms with Crippen molar-refractivity contribution in [2.24, 2.45) is 7.05 Å². The van der Waals surface area contributed by atoms with Gasteiger partial charge in [0.1, 0.15) is 10.7 Å². The van der Waals surface area contributed by atoms with Gasteiger partial charge in [-0.05, 0) is 44.0 Å². The molecule has 146 valence electrons. The van der Waals surface area contributed by atoms with Crippen LogP contribution in [0.5, 0.6) is 0 Å². The first-order chi connectivity index (χ1) is 13.6. The Bertz CT molecular complexity index is 946. The van der Waals surface area contributed by atoms with E-state index < -0.39 is 0 Å². The van der Waals surface area contributed by atoms with E-state index in [-0.39, 0.29) is 5.91 Å². The maximum atomic E-state index is 12.5.